The average Bonchev–Trinajstić information content (AvgIpc) is 3.39. The smallest absolute Gasteiger partial charge is 0.260 e. The van der Waals surface area contributed by atoms with Crippen molar-refractivity contribution >= 4 is 5.91 Å². The maximum atomic E-state index is 14.2. The van der Waals surface area contributed by atoms with E-state index in [1.165, 1.54) is 6.92 Å². The Bertz CT molecular complexity index is 1330. The van der Waals surface area contributed by atoms with Crippen LogP contribution in [-0.4, -0.2) is 25.6 Å². The summed E-state index contributed by atoms with van der Waals surface area (Å²) in [4.78, 5) is 19.1. The zero-order valence-electron chi connectivity index (χ0n) is 19.2. The molecule has 3 heterocycles. The van der Waals surface area contributed by atoms with E-state index in [4.69, 9.17) is 10.00 Å². The average molecular weight is 458 g/mol. The molecular weight excluding hydrogens is 433 g/mol. The van der Waals surface area contributed by atoms with Gasteiger partial charge < -0.3 is 9.64 Å². The third-order valence-electron chi connectivity index (χ3n) is 5.57. The number of hydrogen-bond donors (Lipinski definition) is 0. The first kappa shape index (κ1) is 22.9. The van der Waals surface area contributed by atoms with Crippen LogP contribution in [0.1, 0.15) is 41.8 Å². The van der Waals surface area contributed by atoms with E-state index in [-0.39, 0.29) is 24.0 Å². The molecule has 7 nitrogen and oxygen atoms in total. The van der Waals surface area contributed by atoms with E-state index in [0.717, 1.165) is 22.4 Å². The van der Waals surface area contributed by atoms with Crippen molar-refractivity contribution in [2.24, 2.45) is 7.05 Å². The van der Waals surface area contributed by atoms with Gasteiger partial charge in [-0.05, 0) is 42.7 Å². The molecule has 0 radical (unpaired) electrons. The van der Waals surface area contributed by atoms with Gasteiger partial charge in [-0.2, -0.15) is 10.4 Å². The summed E-state index contributed by atoms with van der Waals surface area (Å²) in [6.07, 6.45) is 5.14. The van der Waals surface area contributed by atoms with E-state index in [2.05, 4.69) is 10.1 Å². The van der Waals surface area contributed by atoms with Crippen molar-refractivity contribution in [1.82, 2.24) is 19.7 Å². The van der Waals surface area contributed by atoms with Crippen molar-refractivity contribution in [2.75, 3.05) is 0 Å². The molecule has 0 aliphatic carbocycles. The molecule has 1 aliphatic heterocycles. The number of pyridine rings is 1. The van der Waals surface area contributed by atoms with Gasteiger partial charge in [-0.15, -0.1) is 0 Å². The molecule has 2 aromatic heterocycles. The number of carbonyl (C=O) groups is 1. The molecule has 0 fully saturated rings. The van der Waals surface area contributed by atoms with Gasteiger partial charge in [0.05, 0.1) is 18.2 Å². The number of aromatic nitrogens is 3. The maximum absolute atomic E-state index is 14.2. The molecule has 0 saturated heterocycles. The van der Waals surface area contributed by atoms with Crippen molar-refractivity contribution < 1.29 is 13.9 Å². The van der Waals surface area contributed by atoms with Gasteiger partial charge in [0, 0.05) is 38.1 Å². The van der Waals surface area contributed by atoms with Crippen LogP contribution >= 0.6 is 0 Å². The fourth-order valence-corrected chi connectivity index (χ4v) is 3.86. The van der Waals surface area contributed by atoms with Crippen LogP contribution < -0.4 is 4.74 Å². The molecule has 0 atom stereocenters. The molecule has 1 aliphatic rings. The molecule has 0 saturated carbocycles. The van der Waals surface area contributed by atoms with Gasteiger partial charge in [-0.25, -0.2) is 9.37 Å². The lowest BCUT2D eigenvalue weighted by molar-refractivity contribution is 0.0764. The Morgan fingerprint density at radius 2 is 2.00 bits per heavy atom. The molecule has 1 aromatic carbocycles. The van der Waals surface area contributed by atoms with Gasteiger partial charge in [0.25, 0.3) is 5.91 Å². The first-order chi connectivity index (χ1) is 16.4. The number of amides is 1. The van der Waals surface area contributed by atoms with Crippen molar-refractivity contribution in [3.05, 3.63) is 88.7 Å². The number of benzene rings is 1. The molecule has 0 bridgehead atoms. The summed E-state index contributed by atoms with van der Waals surface area (Å²) in [7, 11) is 1.87. The lowest BCUT2D eigenvalue weighted by Crippen LogP contribution is -2.23. The first-order valence-corrected chi connectivity index (χ1v) is 10.8. The molecule has 1 amide bonds. The second-order valence-corrected chi connectivity index (χ2v) is 8.10. The number of nitriles is 1. The highest BCUT2D eigenvalue weighted by Crippen LogP contribution is 2.33. The number of rotatable bonds is 7. The molecule has 172 valence electrons. The molecular formula is C26H24FN5O2. The van der Waals surface area contributed by atoms with Crippen LogP contribution in [0.15, 0.2) is 72.0 Å². The zero-order valence-corrected chi connectivity index (χ0v) is 19.2. The summed E-state index contributed by atoms with van der Waals surface area (Å²) in [5.74, 6) is -0.748. The fraction of sp³-hybridized carbons (Fsp3) is 0.231. The van der Waals surface area contributed by atoms with Crippen LogP contribution in [0.3, 0.4) is 0 Å². The van der Waals surface area contributed by atoms with Crippen molar-refractivity contribution in [3.63, 3.8) is 0 Å². The van der Waals surface area contributed by atoms with Gasteiger partial charge >= 0.3 is 0 Å². The lowest BCUT2D eigenvalue weighted by atomic mass is 10.1. The highest BCUT2D eigenvalue weighted by atomic mass is 19.1. The normalized spacial score (nSPS) is 14.0. The van der Waals surface area contributed by atoms with E-state index in [1.807, 2.05) is 49.6 Å². The number of ether oxygens (including phenoxy) is 1. The number of aryl methyl sites for hydroxylation is 1. The molecule has 4 rings (SSSR count). The topological polar surface area (TPSA) is 84.0 Å². The van der Waals surface area contributed by atoms with Crippen LogP contribution in [0.2, 0.25) is 0 Å². The number of nitrogens with zero attached hydrogens (tertiary/aromatic N) is 5. The third kappa shape index (κ3) is 4.74. The molecule has 0 unspecified atom stereocenters. The number of allylic oxidation sites excluding steroid dienone is 3. The lowest BCUT2D eigenvalue weighted by Gasteiger charge is -2.16. The predicted octanol–water partition coefficient (Wildman–Crippen LogP) is 5.08. The highest BCUT2D eigenvalue weighted by molar-refractivity contribution is 6.00. The SMILES string of the molecule is CC(=C/CC#N)/C(Oc1nccc2c1C(=O)N(Cc1ccc(-c3ccn(C)n3)cc1)C2)=C(\C)F. The highest BCUT2D eigenvalue weighted by Gasteiger charge is 2.32. The summed E-state index contributed by atoms with van der Waals surface area (Å²) < 4.78 is 21.7. The molecule has 8 heteroatoms. The van der Waals surface area contributed by atoms with Gasteiger partial charge in [0.2, 0.25) is 5.88 Å². The minimum Gasteiger partial charge on any atom is -0.435 e. The fourth-order valence-electron chi connectivity index (χ4n) is 3.86. The van der Waals surface area contributed by atoms with E-state index in [9.17, 15) is 9.18 Å². The minimum absolute atomic E-state index is 0.0347. The third-order valence-corrected chi connectivity index (χ3v) is 5.57. The second-order valence-electron chi connectivity index (χ2n) is 8.10. The number of carbonyl (C=O) groups excluding carboxylic acids is 1. The largest absolute Gasteiger partial charge is 0.435 e. The summed E-state index contributed by atoms with van der Waals surface area (Å²) >= 11 is 0. The molecule has 0 N–H and O–H groups in total. The van der Waals surface area contributed by atoms with Crippen molar-refractivity contribution in [2.45, 2.75) is 33.4 Å². The Labute approximate surface area is 197 Å². The van der Waals surface area contributed by atoms with E-state index < -0.39 is 5.83 Å². The standard InChI is InChI=1S/C26H24FN5O2/c1-17(5-4-12-28)24(18(2)27)34-25-23-21(10-13-29-25)16-32(26(23)33)15-19-6-8-20(9-7-19)22-11-14-31(3)30-22/h5-11,13-14H,4,15-16H2,1-3H3/b17-5-,24-18-. The van der Waals surface area contributed by atoms with Gasteiger partial charge in [0.1, 0.15) is 11.4 Å². The van der Waals surface area contributed by atoms with Crippen LogP contribution in [0.5, 0.6) is 5.88 Å². The molecule has 34 heavy (non-hydrogen) atoms. The van der Waals surface area contributed by atoms with E-state index in [1.54, 1.807) is 34.8 Å². The quantitative estimate of drug-likeness (QED) is 0.365. The van der Waals surface area contributed by atoms with Crippen molar-refractivity contribution in [1.29, 1.82) is 5.26 Å². The Balaban J connectivity index is 1.53. The zero-order chi connectivity index (χ0) is 24.2. The minimum atomic E-state index is -0.554. The van der Waals surface area contributed by atoms with Crippen LogP contribution in [-0.2, 0) is 20.1 Å². The first-order valence-electron chi connectivity index (χ1n) is 10.8. The number of fused-ring (bicyclic) bond motifs is 1. The number of hydrogen-bond acceptors (Lipinski definition) is 5. The molecule has 0 spiro atoms. The maximum Gasteiger partial charge on any atom is 0.260 e. The Morgan fingerprint density at radius 1 is 1.24 bits per heavy atom. The summed E-state index contributed by atoms with van der Waals surface area (Å²) in [5.41, 5.74) is 4.44. The van der Waals surface area contributed by atoms with Gasteiger partial charge in [-0.1, -0.05) is 30.3 Å². The van der Waals surface area contributed by atoms with Crippen LogP contribution in [0, 0.1) is 11.3 Å². The van der Waals surface area contributed by atoms with Crippen LogP contribution in [0.25, 0.3) is 11.3 Å². The van der Waals surface area contributed by atoms with Crippen LogP contribution in [0.4, 0.5) is 4.39 Å². The Kier molecular flexibility index (Phi) is 6.55. The number of halogens is 1. The predicted molar refractivity (Wildman–Crippen MR) is 125 cm³/mol. The van der Waals surface area contributed by atoms with Gasteiger partial charge in [0.15, 0.2) is 5.76 Å². The Hall–Kier alpha value is -4.25. The van der Waals surface area contributed by atoms with Gasteiger partial charge in [-0.3, -0.25) is 9.48 Å². The molecule has 3 aromatic rings. The second kappa shape index (κ2) is 9.71. The van der Waals surface area contributed by atoms with E-state index >= 15 is 0 Å². The summed E-state index contributed by atoms with van der Waals surface area (Å²) in [6.45, 7) is 3.75. The summed E-state index contributed by atoms with van der Waals surface area (Å²) in [5, 5.41) is 13.2. The monoisotopic (exact) mass is 457 g/mol. The Morgan fingerprint density at radius 3 is 2.65 bits per heavy atom. The summed E-state index contributed by atoms with van der Waals surface area (Å²) in [6, 6.07) is 13.6. The van der Waals surface area contributed by atoms with E-state index in [0.29, 0.717) is 24.2 Å². The van der Waals surface area contributed by atoms with Crippen molar-refractivity contribution in [3.8, 4) is 23.2 Å².